The van der Waals surface area contributed by atoms with Gasteiger partial charge >= 0.3 is 0 Å². The predicted octanol–water partition coefficient (Wildman–Crippen LogP) is 4.17. The minimum absolute atomic E-state index is 0.271. The molecule has 1 aliphatic carbocycles. The Hall–Kier alpha value is -0.960. The first kappa shape index (κ1) is 15.4. The fraction of sp³-hybridized carbons (Fsp3) is 0.647. The molecule has 3 unspecified atom stereocenters. The Balaban J connectivity index is 2.08. The smallest absolute Gasteiger partial charge is 0.126 e. The maximum atomic E-state index is 13.8. The zero-order valence-corrected chi connectivity index (χ0v) is 12.5. The van der Waals surface area contributed by atoms with Gasteiger partial charge in [-0.3, -0.25) is 0 Å². The summed E-state index contributed by atoms with van der Waals surface area (Å²) in [6, 6.07) is 3.80. The van der Waals surface area contributed by atoms with Crippen molar-refractivity contribution < 1.29 is 8.78 Å². The fourth-order valence-electron chi connectivity index (χ4n) is 3.39. The summed E-state index contributed by atoms with van der Waals surface area (Å²) < 4.78 is 27.1. The van der Waals surface area contributed by atoms with Gasteiger partial charge in [-0.2, -0.15) is 0 Å². The van der Waals surface area contributed by atoms with Gasteiger partial charge in [0.25, 0.3) is 0 Å². The van der Waals surface area contributed by atoms with Crippen LogP contribution in [-0.2, 0) is 6.42 Å². The topological polar surface area (TPSA) is 12.0 Å². The number of nitrogens with one attached hydrogen (secondary N) is 1. The van der Waals surface area contributed by atoms with Crippen molar-refractivity contribution in [1.29, 1.82) is 0 Å². The van der Waals surface area contributed by atoms with Crippen LogP contribution >= 0.6 is 0 Å². The lowest BCUT2D eigenvalue weighted by molar-refractivity contribution is 0.183. The highest BCUT2D eigenvalue weighted by molar-refractivity contribution is 5.19. The molecule has 0 aliphatic heterocycles. The Kier molecular flexibility index (Phi) is 5.53. The molecule has 3 heteroatoms. The molecule has 1 aromatic rings. The van der Waals surface area contributed by atoms with Gasteiger partial charge in [0.15, 0.2) is 0 Å². The standard InChI is InChI=1S/C17H25F2N/c1-3-20-11-13-5-4-12(2)8-14(13)9-15-10-16(18)6-7-17(15)19/h6-7,10,12-14,20H,3-5,8-9,11H2,1-2H3. The Morgan fingerprint density at radius 3 is 2.75 bits per heavy atom. The average Bonchev–Trinajstić information content (AvgIpc) is 2.42. The third kappa shape index (κ3) is 4.02. The SMILES string of the molecule is CCNCC1CCC(C)CC1Cc1cc(F)ccc1F. The maximum Gasteiger partial charge on any atom is 0.126 e. The van der Waals surface area contributed by atoms with E-state index in [4.69, 9.17) is 0 Å². The number of halogens is 2. The summed E-state index contributed by atoms with van der Waals surface area (Å²) in [6.45, 7) is 6.32. The van der Waals surface area contributed by atoms with Gasteiger partial charge in [-0.25, -0.2) is 8.78 Å². The van der Waals surface area contributed by atoms with E-state index in [1.54, 1.807) is 0 Å². The van der Waals surface area contributed by atoms with Crippen LogP contribution in [0.5, 0.6) is 0 Å². The molecular formula is C17H25F2N. The fourth-order valence-corrected chi connectivity index (χ4v) is 3.39. The Morgan fingerprint density at radius 2 is 2.00 bits per heavy atom. The van der Waals surface area contributed by atoms with Crippen molar-refractivity contribution in [2.75, 3.05) is 13.1 Å². The van der Waals surface area contributed by atoms with Crippen molar-refractivity contribution in [3.05, 3.63) is 35.4 Å². The van der Waals surface area contributed by atoms with E-state index in [1.807, 2.05) is 0 Å². The van der Waals surface area contributed by atoms with E-state index < -0.39 is 0 Å². The summed E-state index contributed by atoms with van der Waals surface area (Å²) in [6.07, 6.45) is 4.21. The first-order valence-corrected chi connectivity index (χ1v) is 7.74. The molecule has 1 aromatic carbocycles. The van der Waals surface area contributed by atoms with Crippen molar-refractivity contribution in [3.63, 3.8) is 0 Å². The molecule has 0 aromatic heterocycles. The molecule has 0 radical (unpaired) electrons. The van der Waals surface area contributed by atoms with Crippen LogP contribution in [0.1, 0.15) is 38.7 Å². The molecule has 1 saturated carbocycles. The van der Waals surface area contributed by atoms with Crippen LogP contribution in [0, 0.1) is 29.4 Å². The summed E-state index contributed by atoms with van der Waals surface area (Å²) in [5.41, 5.74) is 0.533. The Bertz CT molecular complexity index is 431. The van der Waals surface area contributed by atoms with E-state index in [2.05, 4.69) is 19.2 Å². The Labute approximate surface area is 120 Å². The van der Waals surface area contributed by atoms with Crippen LogP contribution in [0.2, 0.25) is 0 Å². The van der Waals surface area contributed by atoms with Crippen LogP contribution in [-0.4, -0.2) is 13.1 Å². The maximum absolute atomic E-state index is 13.8. The van der Waals surface area contributed by atoms with Crippen molar-refractivity contribution in [2.24, 2.45) is 17.8 Å². The van der Waals surface area contributed by atoms with E-state index in [0.717, 1.165) is 19.5 Å². The van der Waals surface area contributed by atoms with E-state index >= 15 is 0 Å². The second-order valence-corrected chi connectivity index (χ2v) is 6.19. The summed E-state index contributed by atoms with van der Waals surface area (Å²) in [4.78, 5) is 0. The van der Waals surface area contributed by atoms with E-state index in [1.165, 1.54) is 31.0 Å². The minimum atomic E-state index is -0.339. The summed E-state index contributed by atoms with van der Waals surface area (Å²) in [5, 5.41) is 3.41. The van der Waals surface area contributed by atoms with E-state index in [0.29, 0.717) is 29.7 Å². The van der Waals surface area contributed by atoms with Crippen LogP contribution in [0.15, 0.2) is 18.2 Å². The number of rotatable bonds is 5. The molecule has 112 valence electrons. The van der Waals surface area contributed by atoms with Gasteiger partial charge in [0, 0.05) is 0 Å². The zero-order chi connectivity index (χ0) is 14.5. The minimum Gasteiger partial charge on any atom is -0.317 e. The molecule has 1 nitrogen and oxygen atoms in total. The molecule has 1 fully saturated rings. The monoisotopic (exact) mass is 281 g/mol. The lowest BCUT2D eigenvalue weighted by atomic mass is 9.72. The van der Waals surface area contributed by atoms with Gasteiger partial charge in [0.05, 0.1) is 0 Å². The Morgan fingerprint density at radius 1 is 1.20 bits per heavy atom. The summed E-state index contributed by atoms with van der Waals surface area (Å²) in [5.74, 6) is 1.11. The quantitative estimate of drug-likeness (QED) is 0.854. The van der Waals surface area contributed by atoms with E-state index in [9.17, 15) is 8.78 Å². The lowest BCUT2D eigenvalue weighted by Crippen LogP contribution is -2.33. The molecule has 0 bridgehead atoms. The number of hydrogen-bond acceptors (Lipinski definition) is 1. The van der Waals surface area contributed by atoms with Crippen molar-refractivity contribution in [3.8, 4) is 0 Å². The van der Waals surface area contributed by atoms with E-state index in [-0.39, 0.29) is 11.6 Å². The molecule has 20 heavy (non-hydrogen) atoms. The first-order chi connectivity index (χ1) is 9.60. The van der Waals surface area contributed by atoms with Gasteiger partial charge < -0.3 is 5.32 Å². The van der Waals surface area contributed by atoms with Crippen LogP contribution in [0.4, 0.5) is 8.78 Å². The highest BCUT2D eigenvalue weighted by Gasteiger charge is 2.29. The highest BCUT2D eigenvalue weighted by Crippen LogP contribution is 2.36. The zero-order valence-electron chi connectivity index (χ0n) is 12.5. The number of benzene rings is 1. The van der Waals surface area contributed by atoms with Gasteiger partial charge in [-0.1, -0.05) is 20.3 Å². The molecule has 0 amide bonds. The molecule has 2 rings (SSSR count). The van der Waals surface area contributed by atoms with Gasteiger partial charge in [0.2, 0.25) is 0 Å². The number of hydrogen-bond donors (Lipinski definition) is 1. The van der Waals surface area contributed by atoms with Crippen LogP contribution in [0.25, 0.3) is 0 Å². The molecule has 1 aliphatic rings. The van der Waals surface area contributed by atoms with Crippen LogP contribution < -0.4 is 5.32 Å². The largest absolute Gasteiger partial charge is 0.317 e. The highest BCUT2D eigenvalue weighted by atomic mass is 19.1. The third-order valence-electron chi connectivity index (χ3n) is 4.55. The summed E-state index contributed by atoms with van der Waals surface area (Å²) in [7, 11) is 0. The second-order valence-electron chi connectivity index (χ2n) is 6.19. The van der Waals surface area contributed by atoms with Gasteiger partial charge in [0.1, 0.15) is 11.6 Å². The molecule has 1 N–H and O–H groups in total. The normalized spacial score (nSPS) is 26.7. The molecule has 0 heterocycles. The van der Waals surface area contributed by atoms with Crippen molar-refractivity contribution in [2.45, 2.75) is 39.5 Å². The molecular weight excluding hydrogens is 256 g/mol. The van der Waals surface area contributed by atoms with Crippen molar-refractivity contribution in [1.82, 2.24) is 5.32 Å². The first-order valence-electron chi connectivity index (χ1n) is 7.74. The molecule has 0 saturated heterocycles. The molecule has 3 atom stereocenters. The lowest BCUT2D eigenvalue weighted by Gasteiger charge is -2.35. The van der Waals surface area contributed by atoms with Gasteiger partial charge in [-0.05, 0) is 73.9 Å². The van der Waals surface area contributed by atoms with Crippen molar-refractivity contribution >= 4 is 0 Å². The van der Waals surface area contributed by atoms with Gasteiger partial charge in [-0.15, -0.1) is 0 Å². The predicted molar refractivity (Wildman–Crippen MR) is 78.6 cm³/mol. The molecule has 0 spiro atoms. The average molecular weight is 281 g/mol. The second kappa shape index (κ2) is 7.16. The summed E-state index contributed by atoms with van der Waals surface area (Å²) >= 11 is 0. The third-order valence-corrected chi connectivity index (χ3v) is 4.55. The van der Waals surface area contributed by atoms with Crippen LogP contribution in [0.3, 0.4) is 0 Å².